The Hall–Kier alpha value is -2.58. The van der Waals surface area contributed by atoms with Crippen molar-refractivity contribution in [2.24, 2.45) is 4.99 Å². The normalized spacial score (nSPS) is 12.1. The van der Waals surface area contributed by atoms with Crippen molar-refractivity contribution in [1.82, 2.24) is 15.4 Å². The van der Waals surface area contributed by atoms with Gasteiger partial charge in [0.1, 0.15) is 5.75 Å². The zero-order valence-corrected chi connectivity index (χ0v) is 18.2. The lowest BCUT2D eigenvalue weighted by atomic mass is 10.1. The van der Waals surface area contributed by atoms with Crippen molar-refractivity contribution in [3.8, 4) is 5.75 Å². The maximum absolute atomic E-state index is 12.0. The molecule has 0 aromatic heterocycles. The van der Waals surface area contributed by atoms with Crippen molar-refractivity contribution in [2.45, 2.75) is 38.7 Å². The third-order valence-electron chi connectivity index (χ3n) is 4.12. The van der Waals surface area contributed by atoms with Gasteiger partial charge >= 0.3 is 0 Å². The van der Waals surface area contributed by atoms with Crippen molar-refractivity contribution >= 4 is 16.0 Å². The predicted octanol–water partition coefficient (Wildman–Crippen LogP) is 2.39. The van der Waals surface area contributed by atoms with Gasteiger partial charge in [-0.05, 0) is 31.0 Å². The largest absolute Gasteiger partial charge is 0.496 e. The molecule has 0 saturated heterocycles. The number of nitrogens with zero attached hydrogens (tertiary/aromatic N) is 1. The van der Waals surface area contributed by atoms with Gasteiger partial charge in [-0.2, -0.15) is 0 Å². The molecule has 0 radical (unpaired) electrons. The SMILES string of the molecule is CN=C(NCc1ccc(CS(=O)(=O)NC(C)C)cc1)NCc1ccccc1OC. The molecule has 0 fully saturated rings. The first-order valence-corrected chi connectivity index (χ1v) is 11.1. The third kappa shape index (κ3) is 7.75. The van der Waals surface area contributed by atoms with Crippen LogP contribution in [0, 0.1) is 0 Å². The van der Waals surface area contributed by atoms with Gasteiger partial charge in [0.15, 0.2) is 5.96 Å². The van der Waals surface area contributed by atoms with Crippen molar-refractivity contribution in [3.05, 3.63) is 65.2 Å². The number of nitrogens with one attached hydrogen (secondary N) is 3. The van der Waals surface area contributed by atoms with Crippen LogP contribution in [0.3, 0.4) is 0 Å². The van der Waals surface area contributed by atoms with E-state index in [2.05, 4.69) is 20.3 Å². The lowest BCUT2D eigenvalue weighted by Crippen LogP contribution is -2.36. The van der Waals surface area contributed by atoms with E-state index in [-0.39, 0.29) is 11.8 Å². The quantitative estimate of drug-likeness (QED) is 0.430. The van der Waals surface area contributed by atoms with Gasteiger partial charge in [0.2, 0.25) is 10.0 Å². The Balaban J connectivity index is 1.88. The fourth-order valence-corrected chi connectivity index (χ4v) is 4.24. The van der Waals surface area contributed by atoms with E-state index >= 15 is 0 Å². The average Bonchev–Trinajstić information content (AvgIpc) is 2.68. The first-order valence-electron chi connectivity index (χ1n) is 9.47. The molecule has 2 rings (SSSR count). The molecule has 0 bridgehead atoms. The van der Waals surface area contributed by atoms with Gasteiger partial charge in [0, 0.05) is 31.7 Å². The van der Waals surface area contributed by atoms with Crippen LogP contribution < -0.4 is 20.1 Å². The summed E-state index contributed by atoms with van der Waals surface area (Å²) in [6.45, 7) is 4.77. The number of guanidine groups is 1. The molecular formula is C21H30N4O3S. The Morgan fingerprint density at radius 2 is 1.62 bits per heavy atom. The van der Waals surface area contributed by atoms with Gasteiger partial charge in [-0.15, -0.1) is 0 Å². The first kappa shape index (κ1) is 22.7. The second-order valence-electron chi connectivity index (χ2n) is 6.94. The summed E-state index contributed by atoms with van der Waals surface area (Å²) < 4.78 is 32.0. The van der Waals surface area contributed by atoms with E-state index in [0.29, 0.717) is 19.0 Å². The molecule has 0 saturated carbocycles. The van der Waals surface area contributed by atoms with Crippen LogP contribution in [0.15, 0.2) is 53.5 Å². The highest BCUT2D eigenvalue weighted by molar-refractivity contribution is 7.88. The Bertz CT molecular complexity index is 910. The molecular weight excluding hydrogens is 388 g/mol. The molecule has 3 N–H and O–H groups in total. The monoisotopic (exact) mass is 418 g/mol. The third-order valence-corrected chi connectivity index (χ3v) is 5.66. The molecule has 158 valence electrons. The molecule has 8 heteroatoms. The molecule has 2 aromatic carbocycles. The minimum atomic E-state index is -3.32. The van der Waals surface area contributed by atoms with Crippen molar-refractivity contribution in [2.75, 3.05) is 14.2 Å². The number of benzene rings is 2. The van der Waals surface area contributed by atoms with Crippen molar-refractivity contribution in [1.29, 1.82) is 0 Å². The smallest absolute Gasteiger partial charge is 0.216 e. The van der Waals surface area contributed by atoms with Gasteiger partial charge in [-0.1, -0.05) is 42.5 Å². The minimum absolute atomic E-state index is 0.0268. The van der Waals surface area contributed by atoms with Crippen LogP contribution in [0.4, 0.5) is 0 Å². The predicted molar refractivity (Wildman–Crippen MR) is 117 cm³/mol. The van der Waals surface area contributed by atoms with Gasteiger partial charge in [-0.3, -0.25) is 4.99 Å². The summed E-state index contributed by atoms with van der Waals surface area (Å²) in [5.74, 6) is 1.47. The van der Waals surface area contributed by atoms with Gasteiger partial charge in [0.05, 0.1) is 12.9 Å². The maximum Gasteiger partial charge on any atom is 0.216 e. The Kier molecular flexibility index (Phi) is 8.48. The van der Waals surface area contributed by atoms with Crippen LogP contribution in [0.1, 0.15) is 30.5 Å². The number of aliphatic imine (C=N–C) groups is 1. The molecule has 0 aliphatic heterocycles. The standard InChI is InChI=1S/C21H30N4O3S/c1-16(2)25-29(26,27)15-18-11-9-17(10-12-18)13-23-21(22-3)24-14-19-7-5-6-8-20(19)28-4/h5-12,16,25H,13-15H2,1-4H3,(H2,22,23,24). The molecule has 29 heavy (non-hydrogen) atoms. The van der Waals surface area contributed by atoms with Gasteiger partial charge < -0.3 is 15.4 Å². The molecule has 0 spiro atoms. The molecule has 0 amide bonds. The van der Waals surface area contributed by atoms with Crippen LogP contribution in [0.5, 0.6) is 5.75 Å². The van der Waals surface area contributed by atoms with E-state index in [4.69, 9.17) is 4.74 Å². The second kappa shape index (κ2) is 10.8. The van der Waals surface area contributed by atoms with E-state index in [1.807, 2.05) is 48.5 Å². The molecule has 0 aliphatic carbocycles. The number of para-hydroxylation sites is 1. The Labute approximate surface area is 173 Å². The van der Waals surface area contributed by atoms with E-state index < -0.39 is 10.0 Å². The number of hydrogen-bond acceptors (Lipinski definition) is 4. The lowest BCUT2D eigenvalue weighted by Gasteiger charge is -2.14. The Morgan fingerprint density at radius 1 is 1.00 bits per heavy atom. The van der Waals surface area contributed by atoms with E-state index in [9.17, 15) is 8.42 Å². The summed E-state index contributed by atoms with van der Waals surface area (Å²) in [6.07, 6.45) is 0. The first-order chi connectivity index (χ1) is 13.8. The summed E-state index contributed by atoms with van der Waals surface area (Å²) in [5, 5.41) is 6.52. The molecule has 0 unspecified atom stereocenters. The summed E-state index contributed by atoms with van der Waals surface area (Å²) in [7, 11) is 0.0471. The fourth-order valence-electron chi connectivity index (χ4n) is 2.81. The fraction of sp³-hybridized carbons (Fsp3) is 0.381. The highest BCUT2D eigenvalue weighted by Gasteiger charge is 2.12. The van der Waals surface area contributed by atoms with Crippen LogP contribution >= 0.6 is 0 Å². The molecule has 2 aromatic rings. The van der Waals surface area contributed by atoms with Crippen LogP contribution in [-0.4, -0.2) is 34.6 Å². The van der Waals surface area contributed by atoms with Gasteiger partial charge in [-0.25, -0.2) is 13.1 Å². The van der Waals surface area contributed by atoms with E-state index in [1.54, 1.807) is 28.0 Å². The topological polar surface area (TPSA) is 91.8 Å². The van der Waals surface area contributed by atoms with Gasteiger partial charge in [0.25, 0.3) is 0 Å². The zero-order chi connectivity index (χ0) is 21.3. The molecule has 7 nitrogen and oxygen atoms in total. The van der Waals surface area contributed by atoms with Crippen LogP contribution in [-0.2, 0) is 28.9 Å². The zero-order valence-electron chi connectivity index (χ0n) is 17.4. The molecule has 0 heterocycles. The van der Waals surface area contributed by atoms with E-state index in [0.717, 1.165) is 22.4 Å². The molecule has 0 atom stereocenters. The average molecular weight is 419 g/mol. The minimum Gasteiger partial charge on any atom is -0.496 e. The number of sulfonamides is 1. The highest BCUT2D eigenvalue weighted by Crippen LogP contribution is 2.16. The van der Waals surface area contributed by atoms with Crippen LogP contribution in [0.2, 0.25) is 0 Å². The summed E-state index contributed by atoms with van der Waals surface area (Å²) in [6, 6.07) is 15.2. The second-order valence-corrected chi connectivity index (χ2v) is 8.69. The number of methoxy groups -OCH3 is 1. The van der Waals surface area contributed by atoms with Crippen molar-refractivity contribution < 1.29 is 13.2 Å². The van der Waals surface area contributed by atoms with E-state index in [1.165, 1.54) is 0 Å². The maximum atomic E-state index is 12.0. The lowest BCUT2D eigenvalue weighted by molar-refractivity contribution is 0.409. The number of rotatable bonds is 9. The Morgan fingerprint density at radius 3 is 2.24 bits per heavy atom. The number of ether oxygens (including phenoxy) is 1. The number of hydrogen-bond donors (Lipinski definition) is 3. The molecule has 0 aliphatic rings. The summed E-state index contributed by atoms with van der Waals surface area (Å²) in [5.41, 5.74) is 2.82. The summed E-state index contributed by atoms with van der Waals surface area (Å²) in [4.78, 5) is 4.23. The van der Waals surface area contributed by atoms with Crippen molar-refractivity contribution in [3.63, 3.8) is 0 Å². The summed E-state index contributed by atoms with van der Waals surface area (Å²) >= 11 is 0. The van der Waals surface area contributed by atoms with Crippen LogP contribution in [0.25, 0.3) is 0 Å². The highest BCUT2D eigenvalue weighted by atomic mass is 32.2.